The van der Waals surface area contributed by atoms with E-state index in [0.717, 1.165) is 5.56 Å². The van der Waals surface area contributed by atoms with Gasteiger partial charge in [0.15, 0.2) is 0 Å². The third-order valence-electron chi connectivity index (χ3n) is 1.84. The first-order valence-electron chi connectivity index (χ1n) is 4.54. The molecule has 0 aromatic heterocycles. The van der Waals surface area contributed by atoms with Crippen LogP contribution < -0.4 is 0 Å². The van der Waals surface area contributed by atoms with E-state index in [0.29, 0.717) is 6.61 Å². The van der Waals surface area contributed by atoms with Crippen molar-refractivity contribution >= 4 is 26.9 Å². The molecule has 0 saturated carbocycles. The molecule has 1 atom stereocenters. The van der Waals surface area contributed by atoms with Crippen LogP contribution in [0.25, 0.3) is 0 Å². The van der Waals surface area contributed by atoms with Gasteiger partial charge in [-0.3, -0.25) is 0 Å². The van der Waals surface area contributed by atoms with Gasteiger partial charge >= 0.3 is 94.8 Å². The van der Waals surface area contributed by atoms with E-state index in [1.165, 1.54) is 0 Å². The molecule has 0 heterocycles. The van der Waals surface area contributed by atoms with Crippen LogP contribution in [0.1, 0.15) is 16.5 Å². The van der Waals surface area contributed by atoms with Crippen LogP contribution in [-0.4, -0.2) is 33.5 Å². The van der Waals surface area contributed by atoms with Crippen molar-refractivity contribution in [2.24, 2.45) is 0 Å². The molecule has 0 N–H and O–H groups in total. The van der Waals surface area contributed by atoms with Crippen LogP contribution in [-0.2, 0) is 9.53 Å². The van der Waals surface area contributed by atoms with Crippen LogP contribution in [0.2, 0.25) is 4.97 Å². The van der Waals surface area contributed by atoms with Crippen LogP contribution in [0.15, 0.2) is 30.3 Å². The third-order valence-corrected chi connectivity index (χ3v) is 4.51. The van der Waals surface area contributed by atoms with Crippen molar-refractivity contribution in [3.8, 4) is 0 Å². The Morgan fingerprint density at radius 2 is 2.07 bits per heavy atom. The summed E-state index contributed by atoms with van der Waals surface area (Å²) in [7, 11) is 0. The Bertz CT molecular complexity index is 285. The molecule has 0 fully saturated rings. The number of esters is 1. The van der Waals surface area contributed by atoms with Crippen LogP contribution in [0.4, 0.5) is 0 Å². The van der Waals surface area contributed by atoms with Gasteiger partial charge in [-0.2, -0.15) is 0 Å². The molecular formula is C11H14O2Te. The Labute approximate surface area is 94.7 Å². The molecule has 1 aromatic carbocycles. The summed E-state index contributed by atoms with van der Waals surface area (Å²) in [6, 6.07) is 9.88. The van der Waals surface area contributed by atoms with Gasteiger partial charge in [0.2, 0.25) is 0 Å². The van der Waals surface area contributed by atoms with Gasteiger partial charge in [0.05, 0.1) is 0 Å². The van der Waals surface area contributed by atoms with Crippen molar-refractivity contribution in [3.05, 3.63) is 35.9 Å². The molecule has 0 aliphatic rings. The predicted molar refractivity (Wildman–Crippen MR) is 57.4 cm³/mol. The molecule has 3 heteroatoms. The van der Waals surface area contributed by atoms with Crippen LogP contribution in [0.5, 0.6) is 0 Å². The van der Waals surface area contributed by atoms with Gasteiger partial charge in [0.1, 0.15) is 0 Å². The van der Waals surface area contributed by atoms with Gasteiger partial charge in [-0.1, -0.05) is 0 Å². The van der Waals surface area contributed by atoms with E-state index in [1.807, 2.05) is 37.3 Å². The number of ether oxygens (including phenoxy) is 1. The second-order valence-corrected chi connectivity index (χ2v) is 5.47. The van der Waals surface area contributed by atoms with Crippen molar-refractivity contribution in [2.45, 2.75) is 15.9 Å². The van der Waals surface area contributed by atoms with Gasteiger partial charge < -0.3 is 0 Å². The molecule has 0 bridgehead atoms. The quantitative estimate of drug-likeness (QED) is 0.628. The normalized spacial score (nSPS) is 12.1. The Hall–Kier alpha value is -0.520. The number of rotatable bonds is 4. The molecule has 0 aliphatic heterocycles. The minimum absolute atomic E-state index is 0.0153. The summed E-state index contributed by atoms with van der Waals surface area (Å²) in [5.41, 5.74) is 1.09. The first-order valence-corrected chi connectivity index (χ1v) is 8.21. The van der Waals surface area contributed by atoms with Crippen LogP contribution >= 0.6 is 0 Å². The second kappa shape index (κ2) is 6.06. The fourth-order valence-corrected chi connectivity index (χ4v) is 3.18. The zero-order chi connectivity index (χ0) is 10.4. The molecule has 1 rings (SSSR count). The SMILES string of the molecule is CCOC(=O)C([Te]C)c1ccccc1. The molecule has 0 saturated heterocycles. The van der Waals surface area contributed by atoms with Crippen molar-refractivity contribution in [2.75, 3.05) is 6.61 Å². The molecule has 0 spiro atoms. The number of carbonyl (C=O) groups is 1. The average molecular weight is 306 g/mol. The fraction of sp³-hybridized carbons (Fsp3) is 0.364. The van der Waals surface area contributed by atoms with Gasteiger partial charge in [-0.05, 0) is 0 Å². The number of benzene rings is 1. The first-order chi connectivity index (χ1) is 6.79. The summed E-state index contributed by atoms with van der Waals surface area (Å²) < 4.78 is 5.06. The molecule has 1 aromatic rings. The zero-order valence-corrected chi connectivity index (χ0v) is 10.7. The summed E-state index contributed by atoms with van der Waals surface area (Å²) >= 11 is -0.336. The van der Waals surface area contributed by atoms with Gasteiger partial charge in [0, 0.05) is 0 Å². The fourth-order valence-electron chi connectivity index (χ4n) is 1.21. The maximum absolute atomic E-state index is 11.6. The van der Waals surface area contributed by atoms with E-state index < -0.39 is 0 Å². The summed E-state index contributed by atoms with van der Waals surface area (Å²) in [5, 5.41) is 0. The summed E-state index contributed by atoms with van der Waals surface area (Å²) in [5.74, 6) is -0.0661. The Balaban J connectivity index is 2.77. The van der Waals surface area contributed by atoms with Crippen molar-refractivity contribution in [1.82, 2.24) is 0 Å². The zero-order valence-electron chi connectivity index (χ0n) is 8.40. The minimum atomic E-state index is -0.336. The molecular weight excluding hydrogens is 292 g/mol. The molecule has 76 valence electrons. The van der Waals surface area contributed by atoms with Crippen molar-refractivity contribution in [1.29, 1.82) is 0 Å². The van der Waals surface area contributed by atoms with E-state index in [2.05, 4.69) is 4.97 Å². The molecule has 2 nitrogen and oxygen atoms in total. The number of carbonyl (C=O) groups excluding carboxylic acids is 1. The maximum atomic E-state index is 11.6. The van der Waals surface area contributed by atoms with E-state index in [-0.39, 0.29) is 30.9 Å². The van der Waals surface area contributed by atoms with E-state index in [1.54, 1.807) is 0 Å². The first kappa shape index (κ1) is 11.6. The predicted octanol–water partition coefficient (Wildman–Crippen LogP) is 2.04. The summed E-state index contributed by atoms with van der Waals surface area (Å²) in [6.07, 6.45) is 0. The van der Waals surface area contributed by atoms with Gasteiger partial charge in [-0.15, -0.1) is 0 Å². The molecule has 0 amide bonds. The molecule has 0 aliphatic carbocycles. The second-order valence-electron chi connectivity index (χ2n) is 2.78. The Morgan fingerprint density at radius 3 is 2.57 bits per heavy atom. The topological polar surface area (TPSA) is 26.3 Å². The van der Waals surface area contributed by atoms with Gasteiger partial charge in [0.25, 0.3) is 0 Å². The monoisotopic (exact) mass is 308 g/mol. The third kappa shape index (κ3) is 3.01. The Morgan fingerprint density at radius 1 is 1.43 bits per heavy atom. The number of hydrogen-bond acceptors (Lipinski definition) is 2. The molecule has 0 radical (unpaired) electrons. The summed E-state index contributed by atoms with van der Waals surface area (Å²) in [6.45, 7) is 2.31. The van der Waals surface area contributed by atoms with Crippen molar-refractivity contribution in [3.63, 3.8) is 0 Å². The van der Waals surface area contributed by atoms with E-state index in [4.69, 9.17) is 4.74 Å². The van der Waals surface area contributed by atoms with E-state index in [9.17, 15) is 4.79 Å². The van der Waals surface area contributed by atoms with Gasteiger partial charge in [-0.25, -0.2) is 0 Å². The summed E-state index contributed by atoms with van der Waals surface area (Å²) in [4.78, 5) is 13.7. The van der Waals surface area contributed by atoms with Crippen molar-refractivity contribution < 1.29 is 9.53 Å². The number of hydrogen-bond donors (Lipinski definition) is 0. The molecule has 1 unspecified atom stereocenters. The van der Waals surface area contributed by atoms with Crippen LogP contribution in [0.3, 0.4) is 0 Å². The Kier molecular flexibility index (Phi) is 5.00. The standard InChI is InChI=1S/C11H14O2Te/c1-3-13-11(12)10(14-2)9-7-5-4-6-8-9/h4-8,10H,3H2,1-2H3. The van der Waals surface area contributed by atoms with E-state index >= 15 is 0 Å². The van der Waals surface area contributed by atoms with Crippen LogP contribution in [0, 0.1) is 0 Å². The molecule has 14 heavy (non-hydrogen) atoms. The average Bonchev–Trinajstić information content (AvgIpc) is 2.21.